The van der Waals surface area contributed by atoms with Gasteiger partial charge < -0.3 is 10.2 Å². The number of nitrogens with zero attached hydrogens (tertiary/aromatic N) is 2. The van der Waals surface area contributed by atoms with Crippen LogP contribution in [0.3, 0.4) is 0 Å². The molecule has 10 heteroatoms. The average Bonchev–Trinajstić information content (AvgIpc) is 3.02. The van der Waals surface area contributed by atoms with E-state index in [0.717, 1.165) is 0 Å². The molecule has 170 valence electrons. The summed E-state index contributed by atoms with van der Waals surface area (Å²) in [5.74, 6) is -0.837. The molecule has 0 radical (unpaired) electrons. The molecule has 2 amide bonds. The third-order valence-electron chi connectivity index (χ3n) is 5.27. The molecule has 0 spiro atoms. The highest BCUT2D eigenvalue weighted by Gasteiger charge is 2.34. The zero-order valence-corrected chi connectivity index (χ0v) is 19.6. The van der Waals surface area contributed by atoms with Crippen molar-refractivity contribution >= 4 is 45.0 Å². The minimum atomic E-state index is -3.72. The maximum atomic E-state index is 13.2. The van der Waals surface area contributed by atoms with Crippen LogP contribution in [0, 0.1) is 5.92 Å². The van der Waals surface area contributed by atoms with E-state index in [1.54, 1.807) is 42.5 Å². The normalized spacial score (nSPS) is 17.2. The molecule has 3 rings (SSSR count). The quantitative estimate of drug-likeness (QED) is 0.640. The van der Waals surface area contributed by atoms with Gasteiger partial charge in [0.2, 0.25) is 11.8 Å². The summed E-state index contributed by atoms with van der Waals surface area (Å²) < 4.78 is 27.2. The van der Waals surface area contributed by atoms with Crippen molar-refractivity contribution in [1.82, 2.24) is 9.62 Å². The number of benzene rings is 2. The fraction of sp³-hybridized carbons (Fsp3) is 0.318. The van der Waals surface area contributed by atoms with Gasteiger partial charge in [0.05, 0.1) is 22.2 Å². The van der Waals surface area contributed by atoms with E-state index in [0.29, 0.717) is 22.7 Å². The summed E-state index contributed by atoms with van der Waals surface area (Å²) in [4.78, 5) is 31.5. The van der Waals surface area contributed by atoms with Gasteiger partial charge in [-0.1, -0.05) is 56.1 Å². The summed E-state index contributed by atoms with van der Waals surface area (Å²) in [5.41, 5.74) is 0.878. The highest BCUT2D eigenvalue weighted by molar-refractivity contribution is 7.90. The SMILES string of the molecule is CC[C@H](C)[C@H](N=C1NS(=O)(=O)c2ccccc21)C(=O)N(C)CC(=O)Nc1ccccc1Cl. The molecule has 0 saturated carbocycles. The predicted molar refractivity (Wildman–Crippen MR) is 124 cm³/mol. The van der Waals surface area contributed by atoms with Crippen LogP contribution >= 0.6 is 11.6 Å². The molecule has 0 saturated heterocycles. The van der Waals surface area contributed by atoms with Crippen molar-refractivity contribution in [3.63, 3.8) is 0 Å². The fourth-order valence-electron chi connectivity index (χ4n) is 3.29. The minimum absolute atomic E-state index is 0.126. The maximum Gasteiger partial charge on any atom is 0.263 e. The van der Waals surface area contributed by atoms with E-state index in [4.69, 9.17) is 11.6 Å². The number of amidine groups is 1. The number of carbonyl (C=O) groups excluding carboxylic acids is 2. The Hall–Kier alpha value is -2.91. The van der Waals surface area contributed by atoms with Gasteiger partial charge in [-0.2, -0.15) is 0 Å². The van der Waals surface area contributed by atoms with Crippen LogP contribution < -0.4 is 10.0 Å². The second kappa shape index (κ2) is 9.70. The summed E-state index contributed by atoms with van der Waals surface area (Å²) in [5, 5.41) is 3.08. The zero-order chi connectivity index (χ0) is 23.5. The van der Waals surface area contributed by atoms with Gasteiger partial charge in [-0.25, -0.2) is 8.42 Å². The Kier molecular flexibility index (Phi) is 7.20. The number of likely N-dealkylation sites (N-methyl/N-ethyl adjacent to an activating group) is 1. The van der Waals surface area contributed by atoms with Crippen molar-refractivity contribution in [3.05, 3.63) is 59.1 Å². The van der Waals surface area contributed by atoms with Crippen molar-refractivity contribution in [2.75, 3.05) is 18.9 Å². The van der Waals surface area contributed by atoms with Crippen LogP contribution in [0.1, 0.15) is 25.8 Å². The Morgan fingerprint density at radius 1 is 1.16 bits per heavy atom. The van der Waals surface area contributed by atoms with Gasteiger partial charge in [0.15, 0.2) is 0 Å². The zero-order valence-electron chi connectivity index (χ0n) is 18.0. The monoisotopic (exact) mass is 476 g/mol. The summed E-state index contributed by atoms with van der Waals surface area (Å²) in [7, 11) is -2.21. The number of amides is 2. The first kappa shape index (κ1) is 23.7. The number of nitrogens with one attached hydrogen (secondary N) is 2. The number of sulfonamides is 1. The van der Waals surface area contributed by atoms with Gasteiger partial charge in [-0.05, 0) is 30.2 Å². The smallest absolute Gasteiger partial charge is 0.263 e. The van der Waals surface area contributed by atoms with Crippen molar-refractivity contribution in [2.45, 2.75) is 31.2 Å². The highest BCUT2D eigenvalue weighted by Crippen LogP contribution is 2.25. The molecule has 2 N–H and O–H groups in total. The van der Waals surface area contributed by atoms with Gasteiger partial charge in [-0.3, -0.25) is 19.3 Å². The van der Waals surface area contributed by atoms with Gasteiger partial charge in [0.25, 0.3) is 10.0 Å². The number of aliphatic imine (C=N–C) groups is 1. The molecular weight excluding hydrogens is 452 g/mol. The maximum absolute atomic E-state index is 13.2. The molecule has 8 nitrogen and oxygen atoms in total. The van der Waals surface area contributed by atoms with E-state index in [-0.39, 0.29) is 29.1 Å². The van der Waals surface area contributed by atoms with Crippen LogP contribution in [-0.2, 0) is 19.6 Å². The van der Waals surface area contributed by atoms with E-state index in [1.165, 1.54) is 18.0 Å². The van der Waals surface area contributed by atoms with E-state index >= 15 is 0 Å². The number of anilines is 1. The van der Waals surface area contributed by atoms with Gasteiger partial charge in [-0.15, -0.1) is 0 Å². The first-order valence-electron chi connectivity index (χ1n) is 10.1. The second-order valence-electron chi connectivity index (χ2n) is 7.63. The number of rotatable bonds is 7. The Morgan fingerprint density at radius 3 is 2.50 bits per heavy atom. The first-order valence-corrected chi connectivity index (χ1v) is 12.0. The van der Waals surface area contributed by atoms with Crippen LogP contribution in [0.15, 0.2) is 58.4 Å². The summed E-state index contributed by atoms with van der Waals surface area (Å²) in [6.45, 7) is 3.58. The van der Waals surface area contributed by atoms with Crippen LogP contribution in [0.4, 0.5) is 5.69 Å². The Labute approximate surface area is 192 Å². The highest BCUT2D eigenvalue weighted by atomic mass is 35.5. The molecule has 0 unspecified atom stereocenters. The van der Waals surface area contributed by atoms with Gasteiger partial charge >= 0.3 is 0 Å². The van der Waals surface area contributed by atoms with Crippen molar-refractivity contribution < 1.29 is 18.0 Å². The lowest BCUT2D eigenvalue weighted by Gasteiger charge is -2.25. The van der Waals surface area contributed by atoms with Crippen LogP contribution in [0.2, 0.25) is 5.02 Å². The van der Waals surface area contributed by atoms with Crippen molar-refractivity contribution in [1.29, 1.82) is 0 Å². The number of hydrogen-bond acceptors (Lipinski definition) is 5. The summed E-state index contributed by atoms with van der Waals surface area (Å²) in [6.07, 6.45) is 0.640. The molecule has 1 aliphatic heterocycles. The number of carbonyl (C=O) groups is 2. The molecule has 2 aromatic carbocycles. The van der Waals surface area contributed by atoms with Crippen LogP contribution in [0.5, 0.6) is 0 Å². The Bertz CT molecular complexity index is 1170. The lowest BCUT2D eigenvalue weighted by molar-refractivity contribution is -0.135. The Balaban J connectivity index is 1.80. The molecule has 32 heavy (non-hydrogen) atoms. The standard InChI is InChI=1S/C22H25ClN4O4S/c1-4-14(2)20(25-21-15-9-5-8-12-18(15)32(30,31)26-21)22(29)27(3)13-19(28)24-17-11-7-6-10-16(17)23/h5-12,14,20H,4,13H2,1-3H3,(H,24,28)(H,25,26)/t14-,20-/m0/s1. The molecule has 2 aromatic rings. The number of fused-ring (bicyclic) bond motifs is 1. The largest absolute Gasteiger partial charge is 0.335 e. The minimum Gasteiger partial charge on any atom is -0.335 e. The first-order chi connectivity index (χ1) is 15.1. The topological polar surface area (TPSA) is 108 Å². The number of halogens is 1. The molecule has 0 aromatic heterocycles. The average molecular weight is 477 g/mol. The fourth-order valence-corrected chi connectivity index (χ4v) is 4.71. The van der Waals surface area contributed by atoms with Gasteiger partial charge in [0.1, 0.15) is 11.9 Å². The van der Waals surface area contributed by atoms with Crippen LogP contribution in [0.25, 0.3) is 0 Å². The van der Waals surface area contributed by atoms with E-state index in [9.17, 15) is 18.0 Å². The van der Waals surface area contributed by atoms with E-state index in [1.807, 2.05) is 13.8 Å². The molecule has 0 fully saturated rings. The molecule has 0 bridgehead atoms. The lowest BCUT2D eigenvalue weighted by Crippen LogP contribution is -2.43. The number of hydrogen-bond donors (Lipinski definition) is 2. The summed E-state index contributed by atoms with van der Waals surface area (Å²) in [6, 6.07) is 12.4. The predicted octanol–water partition coefficient (Wildman–Crippen LogP) is 2.89. The van der Waals surface area contributed by atoms with E-state index in [2.05, 4.69) is 15.0 Å². The third kappa shape index (κ3) is 5.11. The number of para-hydroxylation sites is 1. The molecule has 2 atom stereocenters. The molecule has 1 heterocycles. The third-order valence-corrected chi connectivity index (χ3v) is 7.00. The Morgan fingerprint density at radius 2 is 1.81 bits per heavy atom. The van der Waals surface area contributed by atoms with Crippen molar-refractivity contribution in [3.8, 4) is 0 Å². The molecule has 0 aliphatic carbocycles. The summed E-state index contributed by atoms with van der Waals surface area (Å²) >= 11 is 6.07. The second-order valence-corrected chi connectivity index (χ2v) is 9.69. The van der Waals surface area contributed by atoms with E-state index < -0.39 is 22.0 Å². The molecule has 1 aliphatic rings. The lowest BCUT2D eigenvalue weighted by atomic mass is 9.98. The molecular formula is C22H25ClN4O4S. The van der Waals surface area contributed by atoms with Crippen molar-refractivity contribution in [2.24, 2.45) is 10.9 Å². The van der Waals surface area contributed by atoms with Gasteiger partial charge in [0, 0.05) is 12.6 Å². The van der Waals surface area contributed by atoms with Crippen LogP contribution in [-0.4, -0.2) is 50.6 Å².